The summed E-state index contributed by atoms with van der Waals surface area (Å²) in [6, 6.07) is 0.766. The highest BCUT2D eigenvalue weighted by atomic mass is 16.5. The van der Waals surface area contributed by atoms with E-state index >= 15 is 0 Å². The van der Waals surface area contributed by atoms with Crippen molar-refractivity contribution < 1.29 is 4.74 Å². The number of likely N-dealkylation sites (tertiary alicyclic amines) is 1. The lowest BCUT2D eigenvalue weighted by Crippen LogP contribution is -2.50. The molecule has 2 nitrogen and oxygen atoms in total. The molecule has 0 aromatic rings. The van der Waals surface area contributed by atoms with E-state index in [2.05, 4.69) is 18.7 Å². The van der Waals surface area contributed by atoms with Crippen LogP contribution in [0.5, 0.6) is 0 Å². The van der Waals surface area contributed by atoms with Crippen LogP contribution in [-0.2, 0) is 4.74 Å². The van der Waals surface area contributed by atoms with Gasteiger partial charge in [-0.1, -0.05) is 13.8 Å². The second-order valence-electron chi connectivity index (χ2n) is 6.32. The zero-order valence-corrected chi connectivity index (χ0v) is 10.0. The van der Waals surface area contributed by atoms with Gasteiger partial charge in [0, 0.05) is 6.54 Å². The second-order valence-corrected chi connectivity index (χ2v) is 6.32. The molecular weight excluding hydrogens is 186 g/mol. The lowest BCUT2D eigenvalue weighted by Gasteiger charge is -2.48. The van der Waals surface area contributed by atoms with Crippen LogP contribution in [0.15, 0.2) is 0 Å². The normalized spacial score (nSPS) is 42.2. The molecule has 0 radical (unpaired) electrons. The lowest BCUT2D eigenvalue weighted by atomic mass is 9.58. The van der Waals surface area contributed by atoms with Crippen LogP contribution in [0.3, 0.4) is 0 Å². The first-order valence-electron chi connectivity index (χ1n) is 6.50. The minimum absolute atomic E-state index is 0.727. The summed E-state index contributed by atoms with van der Waals surface area (Å²) in [5, 5.41) is 0. The van der Waals surface area contributed by atoms with Gasteiger partial charge < -0.3 is 4.74 Å². The minimum Gasteiger partial charge on any atom is -0.378 e. The van der Waals surface area contributed by atoms with E-state index in [0.29, 0.717) is 0 Å². The van der Waals surface area contributed by atoms with Crippen LogP contribution in [0.2, 0.25) is 0 Å². The number of nitrogens with zero attached hydrogens (tertiary/aromatic N) is 1. The summed E-state index contributed by atoms with van der Waals surface area (Å²) in [6.45, 7) is 9.44. The highest BCUT2D eigenvalue weighted by Gasteiger charge is 2.50. The summed E-state index contributed by atoms with van der Waals surface area (Å²) < 4.78 is 5.28. The molecule has 0 amide bonds. The lowest BCUT2D eigenvalue weighted by molar-refractivity contribution is -0.0669. The molecule has 0 unspecified atom stereocenters. The molecule has 2 saturated heterocycles. The summed E-state index contributed by atoms with van der Waals surface area (Å²) in [4.78, 5) is 2.68. The van der Waals surface area contributed by atoms with Crippen LogP contribution in [0, 0.1) is 17.3 Å². The summed E-state index contributed by atoms with van der Waals surface area (Å²) in [5.74, 6) is 1.92. The van der Waals surface area contributed by atoms with E-state index < -0.39 is 0 Å². The smallest absolute Gasteiger partial charge is 0.0645 e. The Bertz CT molecular complexity index is 241. The number of hydrogen-bond donors (Lipinski definition) is 0. The standard InChI is InChI=1S/C13H23NO/c1-10(2)11-5-13(6-11)3-4-14(9-13)12-7-15-8-12/h10-12H,3-9H2,1-2H3. The molecule has 0 aromatic heterocycles. The van der Waals surface area contributed by atoms with Crippen LogP contribution in [0.25, 0.3) is 0 Å². The van der Waals surface area contributed by atoms with E-state index in [4.69, 9.17) is 4.74 Å². The molecule has 86 valence electrons. The maximum atomic E-state index is 5.28. The predicted molar refractivity (Wildman–Crippen MR) is 60.8 cm³/mol. The van der Waals surface area contributed by atoms with Gasteiger partial charge >= 0.3 is 0 Å². The molecule has 1 spiro atoms. The average Bonchev–Trinajstić information content (AvgIpc) is 2.42. The van der Waals surface area contributed by atoms with Gasteiger partial charge in [-0.2, -0.15) is 0 Å². The fourth-order valence-corrected chi connectivity index (χ4v) is 3.57. The van der Waals surface area contributed by atoms with Gasteiger partial charge in [-0.05, 0) is 43.1 Å². The van der Waals surface area contributed by atoms with Crippen LogP contribution in [-0.4, -0.2) is 37.2 Å². The Morgan fingerprint density at radius 2 is 2.00 bits per heavy atom. The summed E-state index contributed by atoms with van der Waals surface area (Å²) in [6.07, 6.45) is 4.44. The Morgan fingerprint density at radius 3 is 2.53 bits per heavy atom. The number of ether oxygens (including phenoxy) is 1. The Hall–Kier alpha value is -0.0800. The second kappa shape index (κ2) is 3.46. The van der Waals surface area contributed by atoms with Crippen molar-refractivity contribution in [3.8, 4) is 0 Å². The molecule has 0 atom stereocenters. The van der Waals surface area contributed by atoms with Gasteiger partial charge in [0.1, 0.15) is 0 Å². The van der Waals surface area contributed by atoms with E-state index in [1.165, 1.54) is 32.4 Å². The van der Waals surface area contributed by atoms with Gasteiger partial charge in [0.15, 0.2) is 0 Å². The van der Waals surface area contributed by atoms with Crippen LogP contribution in [0.4, 0.5) is 0 Å². The van der Waals surface area contributed by atoms with Crippen LogP contribution < -0.4 is 0 Å². The van der Waals surface area contributed by atoms with E-state index in [1.807, 2.05) is 0 Å². The number of rotatable bonds is 2. The molecule has 0 bridgehead atoms. The first kappa shape index (κ1) is 10.1. The molecule has 2 aliphatic heterocycles. The molecular formula is C13H23NO. The molecule has 1 aliphatic carbocycles. The molecule has 2 heterocycles. The molecule has 2 heteroatoms. The van der Waals surface area contributed by atoms with Crippen molar-refractivity contribution in [2.75, 3.05) is 26.3 Å². The van der Waals surface area contributed by atoms with Gasteiger partial charge in [0.2, 0.25) is 0 Å². The zero-order chi connectivity index (χ0) is 10.5. The fraction of sp³-hybridized carbons (Fsp3) is 1.00. The Morgan fingerprint density at radius 1 is 1.27 bits per heavy atom. The van der Waals surface area contributed by atoms with Crippen molar-refractivity contribution in [1.29, 1.82) is 0 Å². The average molecular weight is 209 g/mol. The molecule has 1 saturated carbocycles. The van der Waals surface area contributed by atoms with Crippen LogP contribution in [0.1, 0.15) is 33.1 Å². The third kappa shape index (κ3) is 1.62. The van der Waals surface area contributed by atoms with E-state index in [0.717, 1.165) is 36.5 Å². The third-order valence-corrected chi connectivity index (χ3v) is 4.94. The zero-order valence-electron chi connectivity index (χ0n) is 10.0. The van der Waals surface area contributed by atoms with Gasteiger partial charge in [0.05, 0.1) is 19.3 Å². The molecule has 3 aliphatic rings. The molecule has 0 N–H and O–H groups in total. The fourth-order valence-electron chi connectivity index (χ4n) is 3.57. The summed E-state index contributed by atoms with van der Waals surface area (Å²) >= 11 is 0. The van der Waals surface area contributed by atoms with Gasteiger partial charge in [-0.3, -0.25) is 4.90 Å². The summed E-state index contributed by atoms with van der Waals surface area (Å²) in [7, 11) is 0. The van der Waals surface area contributed by atoms with Crippen molar-refractivity contribution in [3.63, 3.8) is 0 Å². The first-order chi connectivity index (χ1) is 7.19. The van der Waals surface area contributed by atoms with Gasteiger partial charge in [0.25, 0.3) is 0 Å². The molecule has 3 fully saturated rings. The van der Waals surface area contributed by atoms with Crippen molar-refractivity contribution in [3.05, 3.63) is 0 Å². The predicted octanol–water partition coefficient (Wildman–Crippen LogP) is 2.14. The van der Waals surface area contributed by atoms with Gasteiger partial charge in [-0.15, -0.1) is 0 Å². The van der Waals surface area contributed by atoms with E-state index in [1.54, 1.807) is 0 Å². The Labute approximate surface area is 93.0 Å². The monoisotopic (exact) mass is 209 g/mol. The Kier molecular flexibility index (Phi) is 2.33. The van der Waals surface area contributed by atoms with Gasteiger partial charge in [-0.25, -0.2) is 0 Å². The van der Waals surface area contributed by atoms with Crippen molar-refractivity contribution in [1.82, 2.24) is 4.90 Å². The topological polar surface area (TPSA) is 12.5 Å². The quantitative estimate of drug-likeness (QED) is 0.691. The SMILES string of the molecule is CC(C)C1CC2(CCN(C3COC3)C2)C1. The molecule has 15 heavy (non-hydrogen) atoms. The van der Waals surface area contributed by atoms with Crippen molar-refractivity contribution >= 4 is 0 Å². The van der Waals surface area contributed by atoms with E-state index in [-0.39, 0.29) is 0 Å². The molecule has 3 rings (SSSR count). The highest BCUT2D eigenvalue weighted by Crippen LogP contribution is 2.54. The maximum absolute atomic E-state index is 5.28. The van der Waals surface area contributed by atoms with Crippen LogP contribution >= 0.6 is 0 Å². The van der Waals surface area contributed by atoms with E-state index in [9.17, 15) is 0 Å². The molecule has 0 aromatic carbocycles. The number of hydrogen-bond acceptors (Lipinski definition) is 2. The van der Waals surface area contributed by atoms with Crippen molar-refractivity contribution in [2.45, 2.75) is 39.2 Å². The first-order valence-corrected chi connectivity index (χ1v) is 6.50. The highest BCUT2D eigenvalue weighted by molar-refractivity contribution is 5.02. The maximum Gasteiger partial charge on any atom is 0.0645 e. The summed E-state index contributed by atoms with van der Waals surface area (Å²) in [5.41, 5.74) is 0.727. The Balaban J connectivity index is 1.53. The van der Waals surface area contributed by atoms with Crippen molar-refractivity contribution in [2.24, 2.45) is 17.3 Å². The third-order valence-electron chi connectivity index (χ3n) is 4.94. The largest absolute Gasteiger partial charge is 0.378 e. The minimum atomic E-state index is 0.727.